The predicted octanol–water partition coefficient (Wildman–Crippen LogP) is 1.63. The number of anilines is 1. The molecule has 3 rings (SSSR count). The first kappa shape index (κ1) is 18.1. The van der Waals surface area contributed by atoms with Crippen LogP contribution in [0.15, 0.2) is 17.8 Å². The molecule has 0 radical (unpaired) electrons. The molecule has 0 atom stereocenters. The largest absolute Gasteiger partial charge is 0.470 e. The van der Waals surface area contributed by atoms with Crippen molar-refractivity contribution in [1.29, 1.82) is 0 Å². The number of nitrogens with zero attached hydrogens (tertiary/aromatic N) is 5. The van der Waals surface area contributed by atoms with Crippen molar-refractivity contribution in [3.63, 3.8) is 0 Å². The molecule has 0 unspecified atom stereocenters. The van der Waals surface area contributed by atoms with Gasteiger partial charge in [-0.15, -0.1) is 11.3 Å². The molecule has 26 heavy (non-hydrogen) atoms. The number of hydrogen-bond acceptors (Lipinski definition) is 9. The van der Waals surface area contributed by atoms with Gasteiger partial charge in [0.25, 0.3) is 0 Å². The number of carbonyl (C=O) groups is 1. The Kier molecular flexibility index (Phi) is 5.33. The Hall–Kier alpha value is -2.72. The third-order valence-electron chi connectivity index (χ3n) is 3.41. The second kappa shape index (κ2) is 7.67. The highest BCUT2D eigenvalue weighted by molar-refractivity contribution is 7.10. The Morgan fingerprint density at radius 2 is 2.19 bits per heavy atom. The molecule has 0 aliphatic carbocycles. The Morgan fingerprint density at radius 1 is 1.38 bits per heavy atom. The number of aromatic nitrogens is 4. The second-order valence-corrected chi connectivity index (χ2v) is 6.98. The van der Waals surface area contributed by atoms with E-state index in [2.05, 4.69) is 31.3 Å². The highest BCUT2D eigenvalue weighted by Gasteiger charge is 2.14. The summed E-state index contributed by atoms with van der Waals surface area (Å²) >= 11 is 1.63. The zero-order valence-corrected chi connectivity index (χ0v) is 15.6. The zero-order chi connectivity index (χ0) is 18.7. The van der Waals surface area contributed by atoms with Crippen molar-refractivity contribution in [3.8, 4) is 5.88 Å². The summed E-state index contributed by atoms with van der Waals surface area (Å²) in [6, 6.07) is 2.10. The lowest BCUT2D eigenvalue weighted by molar-refractivity contribution is -0.144. The van der Waals surface area contributed by atoms with Crippen LogP contribution in [0.1, 0.15) is 17.4 Å². The molecule has 0 aliphatic rings. The van der Waals surface area contributed by atoms with E-state index in [1.165, 1.54) is 18.8 Å². The molecular formula is C16H20N6O3S. The normalized spacial score (nSPS) is 11.2. The Labute approximate surface area is 154 Å². The Balaban J connectivity index is 1.77. The fourth-order valence-electron chi connectivity index (χ4n) is 2.38. The van der Waals surface area contributed by atoms with E-state index in [1.807, 2.05) is 14.1 Å². The molecule has 3 aromatic heterocycles. The van der Waals surface area contributed by atoms with Gasteiger partial charge in [0, 0.05) is 18.3 Å². The fourth-order valence-corrected chi connectivity index (χ4v) is 3.17. The van der Waals surface area contributed by atoms with Crippen LogP contribution in [0.5, 0.6) is 5.88 Å². The maximum Gasteiger partial charge on any atom is 0.304 e. The molecule has 0 saturated carbocycles. The smallest absolute Gasteiger partial charge is 0.304 e. The van der Waals surface area contributed by atoms with Crippen molar-refractivity contribution in [3.05, 3.63) is 28.2 Å². The zero-order valence-electron chi connectivity index (χ0n) is 14.8. The fraction of sp³-hybridized carbons (Fsp3) is 0.375. The average Bonchev–Trinajstić information content (AvgIpc) is 3.16. The first-order valence-corrected chi connectivity index (χ1v) is 8.76. The maximum absolute atomic E-state index is 11.0. The molecule has 138 valence electrons. The van der Waals surface area contributed by atoms with Crippen molar-refractivity contribution in [2.24, 2.45) is 0 Å². The number of nitrogen functional groups attached to an aromatic ring is 1. The van der Waals surface area contributed by atoms with Gasteiger partial charge < -0.3 is 20.1 Å². The van der Waals surface area contributed by atoms with Crippen molar-refractivity contribution in [2.45, 2.75) is 26.8 Å². The van der Waals surface area contributed by atoms with Gasteiger partial charge in [0.2, 0.25) is 11.8 Å². The van der Waals surface area contributed by atoms with E-state index in [0.717, 1.165) is 11.4 Å². The van der Waals surface area contributed by atoms with Gasteiger partial charge in [-0.1, -0.05) is 0 Å². The van der Waals surface area contributed by atoms with Gasteiger partial charge in [0.15, 0.2) is 17.9 Å². The summed E-state index contributed by atoms with van der Waals surface area (Å²) in [5.41, 5.74) is 7.94. The summed E-state index contributed by atoms with van der Waals surface area (Å²) in [4.78, 5) is 26.7. The highest BCUT2D eigenvalue weighted by Crippen LogP contribution is 2.24. The average molecular weight is 376 g/mol. The number of fused-ring (bicyclic) bond motifs is 1. The van der Waals surface area contributed by atoms with E-state index in [0.29, 0.717) is 23.7 Å². The first-order valence-electron chi connectivity index (χ1n) is 7.88. The lowest BCUT2D eigenvalue weighted by Gasteiger charge is -2.07. The monoisotopic (exact) mass is 376 g/mol. The third-order valence-corrected chi connectivity index (χ3v) is 4.37. The second-order valence-electron chi connectivity index (χ2n) is 5.99. The molecule has 10 heteroatoms. The van der Waals surface area contributed by atoms with Crippen LogP contribution in [0.4, 0.5) is 5.95 Å². The van der Waals surface area contributed by atoms with Crippen LogP contribution in [0.2, 0.25) is 0 Å². The molecule has 0 fully saturated rings. The van der Waals surface area contributed by atoms with Gasteiger partial charge >= 0.3 is 5.97 Å². The van der Waals surface area contributed by atoms with Gasteiger partial charge in [-0.25, -0.2) is 4.98 Å². The van der Waals surface area contributed by atoms with Crippen LogP contribution < -0.4 is 10.5 Å². The van der Waals surface area contributed by atoms with Crippen molar-refractivity contribution in [2.75, 3.05) is 19.8 Å². The summed E-state index contributed by atoms with van der Waals surface area (Å²) in [5, 5.41) is 2.11. The van der Waals surface area contributed by atoms with Crippen LogP contribution in [-0.2, 0) is 29.4 Å². The molecule has 3 heterocycles. The van der Waals surface area contributed by atoms with Crippen LogP contribution in [0, 0.1) is 0 Å². The standard InChI is InChI=1S/C16H20N6O3S/c1-10(23)25-9-22-8-18-13-14(22)19-16(17)20-15(13)24-6-12-4-11(7-26-12)5-21(2)3/h4,7-8H,5-6,9H2,1-3H3,(H2,17,19,20). The molecule has 9 nitrogen and oxygen atoms in total. The maximum atomic E-state index is 11.0. The minimum atomic E-state index is -0.392. The summed E-state index contributed by atoms with van der Waals surface area (Å²) in [6.45, 7) is 2.57. The minimum absolute atomic E-state index is 0.000542. The number of esters is 1. The Bertz CT molecular complexity index is 920. The predicted molar refractivity (Wildman–Crippen MR) is 97.5 cm³/mol. The topological polar surface area (TPSA) is 108 Å². The molecule has 0 aliphatic heterocycles. The van der Waals surface area contributed by atoms with Crippen molar-refractivity contribution in [1.82, 2.24) is 24.4 Å². The lowest BCUT2D eigenvalue weighted by Crippen LogP contribution is -2.09. The number of ether oxygens (including phenoxy) is 2. The van der Waals surface area contributed by atoms with Crippen molar-refractivity contribution < 1.29 is 14.3 Å². The van der Waals surface area contributed by atoms with Crippen molar-refractivity contribution >= 4 is 34.4 Å². The number of nitrogens with two attached hydrogens (primary N) is 1. The van der Waals surface area contributed by atoms with Crippen LogP contribution in [-0.4, -0.2) is 44.5 Å². The van der Waals surface area contributed by atoms with E-state index in [-0.39, 0.29) is 12.7 Å². The SMILES string of the molecule is CC(=O)OCn1cnc2c(OCc3cc(CN(C)C)cs3)nc(N)nc21. The molecule has 0 saturated heterocycles. The molecular weight excluding hydrogens is 356 g/mol. The summed E-state index contributed by atoms with van der Waals surface area (Å²) in [7, 11) is 4.06. The highest BCUT2D eigenvalue weighted by atomic mass is 32.1. The number of carbonyl (C=O) groups excluding carboxylic acids is 1. The van der Waals surface area contributed by atoms with E-state index in [1.54, 1.807) is 15.9 Å². The summed E-state index contributed by atoms with van der Waals surface area (Å²) in [6.07, 6.45) is 1.51. The first-order chi connectivity index (χ1) is 12.4. The van der Waals surface area contributed by atoms with Crippen LogP contribution in [0.25, 0.3) is 11.2 Å². The molecule has 0 bridgehead atoms. The van der Waals surface area contributed by atoms with Gasteiger partial charge in [-0.3, -0.25) is 9.36 Å². The summed E-state index contributed by atoms with van der Waals surface area (Å²) < 4.78 is 12.4. The third kappa shape index (κ3) is 4.27. The number of thiophene rings is 1. The van der Waals surface area contributed by atoms with E-state index >= 15 is 0 Å². The van der Waals surface area contributed by atoms with E-state index < -0.39 is 5.97 Å². The van der Waals surface area contributed by atoms with E-state index in [4.69, 9.17) is 15.2 Å². The molecule has 0 amide bonds. The van der Waals surface area contributed by atoms with Gasteiger partial charge in [-0.2, -0.15) is 9.97 Å². The molecule has 0 spiro atoms. The number of hydrogen-bond donors (Lipinski definition) is 1. The quantitative estimate of drug-likeness (QED) is 0.620. The molecule has 0 aromatic carbocycles. The van der Waals surface area contributed by atoms with Crippen LogP contribution >= 0.6 is 11.3 Å². The summed E-state index contributed by atoms with van der Waals surface area (Å²) in [5.74, 6) is -0.0234. The molecule has 3 aromatic rings. The number of imidazole rings is 1. The molecule has 2 N–H and O–H groups in total. The Morgan fingerprint density at radius 3 is 2.92 bits per heavy atom. The van der Waals surface area contributed by atoms with E-state index in [9.17, 15) is 4.79 Å². The van der Waals surface area contributed by atoms with Crippen LogP contribution in [0.3, 0.4) is 0 Å². The van der Waals surface area contributed by atoms with Gasteiger partial charge in [-0.05, 0) is 31.1 Å². The van der Waals surface area contributed by atoms with Gasteiger partial charge in [0.1, 0.15) is 12.9 Å². The number of rotatable bonds is 7. The minimum Gasteiger partial charge on any atom is -0.470 e. The van der Waals surface area contributed by atoms with Gasteiger partial charge in [0.05, 0.1) is 0 Å². The lowest BCUT2D eigenvalue weighted by atomic mass is 10.3.